The number of carbonyl (C=O) groups excluding carboxylic acids is 1. The molecule has 0 saturated carbocycles. The number of amides is 1. The van der Waals surface area contributed by atoms with E-state index in [2.05, 4.69) is 16.7 Å². The summed E-state index contributed by atoms with van der Waals surface area (Å²) in [5.41, 5.74) is -1.42. The summed E-state index contributed by atoms with van der Waals surface area (Å²) in [6, 6.07) is 4.34. The van der Waals surface area contributed by atoms with Gasteiger partial charge in [-0.1, -0.05) is 33.4 Å². The molecule has 0 bridgehead atoms. The topological polar surface area (TPSA) is 97.6 Å². The van der Waals surface area contributed by atoms with Crippen LogP contribution in [0, 0.1) is 5.82 Å². The highest BCUT2D eigenvalue weighted by Gasteiger charge is 2.57. The zero-order valence-electron chi connectivity index (χ0n) is 19.1. The summed E-state index contributed by atoms with van der Waals surface area (Å²) in [5.74, 6) is -2.51. The van der Waals surface area contributed by atoms with Crippen LogP contribution >= 0.6 is 11.3 Å². The van der Waals surface area contributed by atoms with E-state index in [0.29, 0.717) is 16.1 Å². The minimum absolute atomic E-state index is 0.00135. The van der Waals surface area contributed by atoms with E-state index in [1.54, 1.807) is 23.8 Å². The monoisotopic (exact) mass is 484 g/mol. The molecule has 3 aromatic rings. The van der Waals surface area contributed by atoms with Crippen molar-refractivity contribution in [2.45, 2.75) is 44.5 Å². The number of aliphatic carboxylic acids is 1. The lowest BCUT2D eigenvalue weighted by Gasteiger charge is -2.35. The molecule has 1 aliphatic rings. The number of nitrogens with zero attached hydrogens (tertiary/aromatic N) is 4. The summed E-state index contributed by atoms with van der Waals surface area (Å²) in [6.07, 6.45) is 5.13. The number of rotatable bonds is 6. The van der Waals surface area contributed by atoms with Crippen molar-refractivity contribution in [3.63, 3.8) is 0 Å². The highest BCUT2D eigenvalue weighted by Crippen LogP contribution is 2.41. The number of carbonyl (C=O) groups is 2. The lowest BCUT2D eigenvalue weighted by Crippen LogP contribution is -2.58. The number of aromatic nitrogens is 3. The van der Waals surface area contributed by atoms with Gasteiger partial charge in [-0.15, -0.1) is 11.3 Å². The average molecular weight is 485 g/mol. The Morgan fingerprint density at radius 1 is 1.38 bits per heavy atom. The second-order valence-electron chi connectivity index (χ2n) is 9.13. The predicted octanol–water partition coefficient (Wildman–Crippen LogP) is 4.11. The molecular weight excluding hydrogens is 459 g/mol. The van der Waals surface area contributed by atoms with Gasteiger partial charge in [-0.2, -0.15) is 5.10 Å². The molecule has 2 aromatic heterocycles. The van der Waals surface area contributed by atoms with Gasteiger partial charge in [0.05, 0.1) is 13.2 Å². The van der Waals surface area contributed by atoms with Crippen LogP contribution in [-0.4, -0.2) is 48.8 Å². The molecule has 0 radical (unpaired) electrons. The Bertz CT molecular complexity index is 1220. The minimum atomic E-state index is -1.78. The maximum absolute atomic E-state index is 15.3. The number of ether oxygens (including phenoxy) is 1. The highest BCUT2D eigenvalue weighted by atomic mass is 32.1. The lowest BCUT2D eigenvalue weighted by molar-refractivity contribution is -0.149. The predicted molar refractivity (Wildman–Crippen MR) is 125 cm³/mol. The van der Waals surface area contributed by atoms with E-state index in [1.807, 2.05) is 20.8 Å². The summed E-state index contributed by atoms with van der Waals surface area (Å²) in [6.45, 7) is 8.94. The van der Waals surface area contributed by atoms with Gasteiger partial charge in [0.25, 0.3) is 5.91 Å². The van der Waals surface area contributed by atoms with Crippen molar-refractivity contribution in [3.8, 4) is 0 Å². The fourth-order valence-corrected chi connectivity index (χ4v) is 4.96. The third kappa shape index (κ3) is 4.03. The number of carboxylic acids is 1. The SMILES string of the molecule is C=Cc1cc(C(=O)N2C(c3nccs3)OCC2(Cn2cccn2)C(=O)O)cc(F)c1C(C)(C)C. The normalized spacial score (nSPS) is 20.5. The van der Waals surface area contributed by atoms with Crippen LogP contribution in [-0.2, 0) is 21.5 Å². The molecule has 0 aliphatic carbocycles. The molecule has 10 heteroatoms. The zero-order valence-corrected chi connectivity index (χ0v) is 19.9. The van der Waals surface area contributed by atoms with Crippen LogP contribution in [0.1, 0.15) is 53.5 Å². The van der Waals surface area contributed by atoms with Crippen LogP contribution in [0.5, 0.6) is 0 Å². The zero-order chi connectivity index (χ0) is 24.7. The second-order valence-corrected chi connectivity index (χ2v) is 10.1. The van der Waals surface area contributed by atoms with E-state index in [4.69, 9.17) is 4.74 Å². The number of halogens is 1. The fraction of sp³-hybridized carbons (Fsp3) is 0.333. The maximum atomic E-state index is 15.3. The first-order valence-corrected chi connectivity index (χ1v) is 11.5. The summed E-state index contributed by atoms with van der Waals surface area (Å²) in [4.78, 5) is 32.0. The Morgan fingerprint density at radius 3 is 2.71 bits per heavy atom. The maximum Gasteiger partial charge on any atom is 0.334 e. The van der Waals surface area contributed by atoms with E-state index < -0.39 is 34.9 Å². The molecule has 178 valence electrons. The third-order valence-corrected chi connectivity index (χ3v) is 6.58. The summed E-state index contributed by atoms with van der Waals surface area (Å²) >= 11 is 1.24. The van der Waals surface area contributed by atoms with Gasteiger partial charge >= 0.3 is 5.97 Å². The fourth-order valence-electron chi connectivity index (χ4n) is 4.28. The molecule has 1 aliphatic heterocycles. The van der Waals surface area contributed by atoms with E-state index >= 15 is 4.39 Å². The first kappa shape index (κ1) is 23.8. The molecule has 1 aromatic carbocycles. The van der Waals surface area contributed by atoms with Crippen LogP contribution in [0.25, 0.3) is 6.08 Å². The van der Waals surface area contributed by atoms with Gasteiger partial charge in [-0.05, 0) is 29.2 Å². The summed E-state index contributed by atoms with van der Waals surface area (Å²) < 4.78 is 22.6. The molecule has 1 amide bonds. The van der Waals surface area contributed by atoms with Crippen LogP contribution in [0.3, 0.4) is 0 Å². The number of hydrogen-bond acceptors (Lipinski definition) is 6. The smallest absolute Gasteiger partial charge is 0.334 e. The standard InChI is InChI=1S/C24H25FN4O4S/c1-5-15-11-16(12-17(25)18(15)23(2,3)4)20(30)29-21(19-26-8-10-34-19)33-14-24(29,22(31)32)13-28-9-6-7-27-28/h5-12,21H,1,13-14H2,2-4H3,(H,31,32). The van der Waals surface area contributed by atoms with E-state index in [-0.39, 0.29) is 18.7 Å². The van der Waals surface area contributed by atoms with Crippen molar-refractivity contribution in [1.29, 1.82) is 0 Å². The van der Waals surface area contributed by atoms with Crippen LogP contribution in [0.15, 0.2) is 48.7 Å². The van der Waals surface area contributed by atoms with Gasteiger partial charge in [-0.25, -0.2) is 14.2 Å². The number of benzene rings is 1. The highest BCUT2D eigenvalue weighted by molar-refractivity contribution is 7.09. The Kier molecular flexibility index (Phi) is 6.13. The molecular formula is C24H25FN4O4S. The van der Waals surface area contributed by atoms with Crippen molar-refractivity contribution in [3.05, 3.63) is 76.3 Å². The van der Waals surface area contributed by atoms with Crippen LogP contribution < -0.4 is 0 Å². The molecule has 4 rings (SSSR count). The molecule has 8 nitrogen and oxygen atoms in total. The van der Waals surface area contributed by atoms with Gasteiger partial charge in [-0.3, -0.25) is 14.4 Å². The van der Waals surface area contributed by atoms with E-state index in [0.717, 1.165) is 11.0 Å². The lowest BCUT2D eigenvalue weighted by atomic mass is 9.82. The van der Waals surface area contributed by atoms with Gasteiger partial charge in [0.1, 0.15) is 10.8 Å². The van der Waals surface area contributed by atoms with Crippen molar-refractivity contribution in [2.75, 3.05) is 6.61 Å². The number of hydrogen-bond donors (Lipinski definition) is 1. The first-order valence-electron chi connectivity index (χ1n) is 10.6. The Labute approximate surface area is 200 Å². The number of thiazole rings is 1. The van der Waals surface area contributed by atoms with Crippen LogP contribution in [0.4, 0.5) is 4.39 Å². The molecule has 1 fully saturated rings. The van der Waals surface area contributed by atoms with Crippen molar-refractivity contribution >= 4 is 29.3 Å². The largest absolute Gasteiger partial charge is 0.479 e. The Hall–Kier alpha value is -3.37. The average Bonchev–Trinajstić information content (AvgIpc) is 3.53. The van der Waals surface area contributed by atoms with E-state index in [9.17, 15) is 14.7 Å². The minimum Gasteiger partial charge on any atom is -0.479 e. The van der Waals surface area contributed by atoms with Gasteiger partial charge in [0.15, 0.2) is 11.8 Å². The first-order chi connectivity index (χ1) is 16.1. The Morgan fingerprint density at radius 2 is 2.15 bits per heavy atom. The van der Waals surface area contributed by atoms with Crippen molar-refractivity contribution in [1.82, 2.24) is 19.7 Å². The van der Waals surface area contributed by atoms with Gasteiger partial charge in [0.2, 0.25) is 0 Å². The molecule has 3 heterocycles. The molecule has 34 heavy (non-hydrogen) atoms. The Balaban J connectivity index is 1.86. The molecule has 0 spiro atoms. The molecule has 1 saturated heterocycles. The van der Waals surface area contributed by atoms with Crippen LogP contribution in [0.2, 0.25) is 0 Å². The number of carboxylic acid groups (broad SMARTS) is 1. The molecule has 1 N–H and O–H groups in total. The van der Waals surface area contributed by atoms with E-state index in [1.165, 1.54) is 34.4 Å². The third-order valence-electron chi connectivity index (χ3n) is 5.78. The quantitative estimate of drug-likeness (QED) is 0.565. The second kappa shape index (κ2) is 8.77. The summed E-state index contributed by atoms with van der Waals surface area (Å²) in [7, 11) is 0. The molecule has 2 atom stereocenters. The van der Waals surface area contributed by atoms with Gasteiger partial charge < -0.3 is 9.84 Å². The van der Waals surface area contributed by atoms with Crippen molar-refractivity contribution in [2.24, 2.45) is 0 Å². The van der Waals surface area contributed by atoms with Gasteiger partial charge in [0, 0.05) is 35.1 Å². The molecule has 2 unspecified atom stereocenters. The summed E-state index contributed by atoms with van der Waals surface area (Å²) in [5, 5.41) is 16.6. The van der Waals surface area contributed by atoms with Crippen molar-refractivity contribution < 1.29 is 23.8 Å².